The van der Waals surface area contributed by atoms with Crippen molar-refractivity contribution >= 4 is 35.1 Å². The van der Waals surface area contributed by atoms with Gasteiger partial charge in [-0.3, -0.25) is 14.2 Å². The minimum absolute atomic E-state index is 0.0554. The highest BCUT2D eigenvalue weighted by atomic mass is 32.2. The van der Waals surface area contributed by atoms with Crippen LogP contribution in [0.3, 0.4) is 0 Å². The highest BCUT2D eigenvalue weighted by Crippen LogP contribution is 2.30. The van der Waals surface area contributed by atoms with Crippen molar-refractivity contribution in [2.75, 3.05) is 16.8 Å². The molecule has 0 fully saturated rings. The molecule has 3 aromatic rings. The molecule has 28 heavy (non-hydrogen) atoms. The smallest absolute Gasteiger partial charge is 0.272 e. The first kappa shape index (κ1) is 18.8. The van der Waals surface area contributed by atoms with Gasteiger partial charge in [0.25, 0.3) is 5.56 Å². The molecule has 0 spiro atoms. The van der Waals surface area contributed by atoms with E-state index in [0.29, 0.717) is 5.16 Å². The minimum atomic E-state index is -0.127. The number of nitrogens with one attached hydrogen (secondary N) is 1. The predicted octanol–water partition coefficient (Wildman–Crippen LogP) is 3.92. The fourth-order valence-corrected chi connectivity index (χ4v) is 4.81. The summed E-state index contributed by atoms with van der Waals surface area (Å²) in [6.45, 7) is 2.00. The van der Waals surface area contributed by atoms with E-state index in [1.807, 2.05) is 61.5 Å². The van der Waals surface area contributed by atoms with E-state index in [-0.39, 0.29) is 17.2 Å². The molecule has 2 aromatic carbocycles. The van der Waals surface area contributed by atoms with Crippen LogP contribution in [0.4, 0.5) is 5.69 Å². The molecule has 0 radical (unpaired) electrons. The summed E-state index contributed by atoms with van der Waals surface area (Å²) in [6, 6.07) is 17.1. The number of amides is 1. The summed E-state index contributed by atoms with van der Waals surface area (Å²) in [5, 5.41) is 3.44. The molecule has 0 atom stereocenters. The Hall–Kier alpha value is -2.51. The Balaban J connectivity index is 1.59. The largest absolute Gasteiger partial charge is 0.325 e. The number of hydrogen-bond donors (Lipinski definition) is 1. The minimum Gasteiger partial charge on any atom is -0.325 e. The first-order chi connectivity index (χ1) is 13.6. The van der Waals surface area contributed by atoms with Gasteiger partial charge >= 0.3 is 0 Å². The lowest BCUT2D eigenvalue weighted by Crippen LogP contribution is -2.24. The highest BCUT2D eigenvalue weighted by molar-refractivity contribution is 8.00. The molecule has 142 valence electrons. The fraction of sp³-hybridized carbons (Fsp3) is 0.190. The summed E-state index contributed by atoms with van der Waals surface area (Å²) in [5.74, 6) is 0.922. The molecule has 1 aliphatic heterocycles. The number of para-hydroxylation sites is 1. The molecule has 0 bridgehead atoms. The lowest BCUT2D eigenvalue weighted by molar-refractivity contribution is -0.113. The van der Waals surface area contributed by atoms with Gasteiger partial charge in [0.15, 0.2) is 5.16 Å². The quantitative estimate of drug-likeness (QED) is 0.511. The van der Waals surface area contributed by atoms with Crippen LogP contribution in [-0.4, -0.2) is 27.0 Å². The molecule has 5 nitrogen and oxygen atoms in total. The number of rotatable bonds is 5. The maximum absolute atomic E-state index is 13.0. The predicted molar refractivity (Wildman–Crippen MR) is 115 cm³/mol. The molecule has 1 aromatic heterocycles. The van der Waals surface area contributed by atoms with Crippen molar-refractivity contribution in [2.24, 2.45) is 0 Å². The molecular formula is C21H19N3O2S2. The second-order valence-corrected chi connectivity index (χ2v) is 8.50. The number of fused-ring (bicyclic) bond motifs is 1. The second kappa shape index (κ2) is 8.24. The van der Waals surface area contributed by atoms with Gasteiger partial charge in [0.1, 0.15) is 0 Å². The highest BCUT2D eigenvalue weighted by Gasteiger charge is 2.22. The fourth-order valence-electron chi connectivity index (χ4n) is 2.96. The van der Waals surface area contributed by atoms with E-state index in [0.717, 1.165) is 39.7 Å². The van der Waals surface area contributed by atoms with Gasteiger partial charge in [0.05, 0.1) is 22.0 Å². The third-order valence-corrected chi connectivity index (χ3v) is 6.39. The van der Waals surface area contributed by atoms with Gasteiger partial charge in [-0.2, -0.15) is 0 Å². The van der Waals surface area contributed by atoms with Crippen molar-refractivity contribution in [2.45, 2.75) is 23.4 Å². The van der Waals surface area contributed by atoms with Gasteiger partial charge in [-0.25, -0.2) is 4.98 Å². The van der Waals surface area contributed by atoms with E-state index in [4.69, 9.17) is 4.98 Å². The number of thioether (sulfide) groups is 2. The molecule has 0 saturated heterocycles. The van der Waals surface area contributed by atoms with Gasteiger partial charge in [-0.15, -0.1) is 11.8 Å². The van der Waals surface area contributed by atoms with Crippen LogP contribution >= 0.6 is 23.5 Å². The monoisotopic (exact) mass is 409 g/mol. The first-order valence-corrected chi connectivity index (χ1v) is 10.9. The molecule has 0 saturated carbocycles. The Morgan fingerprint density at radius 2 is 1.93 bits per heavy atom. The molecular weight excluding hydrogens is 390 g/mol. The van der Waals surface area contributed by atoms with Crippen LogP contribution in [0.1, 0.15) is 11.3 Å². The Morgan fingerprint density at radius 1 is 1.18 bits per heavy atom. The van der Waals surface area contributed by atoms with Gasteiger partial charge in [-0.1, -0.05) is 47.7 Å². The topological polar surface area (TPSA) is 64.0 Å². The molecule has 1 N–H and O–H groups in total. The number of nitrogens with zero attached hydrogens (tertiary/aromatic N) is 2. The van der Waals surface area contributed by atoms with E-state index < -0.39 is 0 Å². The summed E-state index contributed by atoms with van der Waals surface area (Å²) in [5.41, 5.74) is 3.44. The third-order valence-electron chi connectivity index (χ3n) is 4.35. The van der Waals surface area contributed by atoms with Gasteiger partial charge in [0.2, 0.25) is 5.91 Å². The summed E-state index contributed by atoms with van der Waals surface area (Å²) < 4.78 is 1.61. The van der Waals surface area contributed by atoms with E-state index in [1.54, 1.807) is 16.3 Å². The average Bonchev–Trinajstić information content (AvgIpc) is 3.18. The van der Waals surface area contributed by atoms with Crippen molar-refractivity contribution < 1.29 is 4.79 Å². The second-order valence-electron chi connectivity index (χ2n) is 6.45. The lowest BCUT2D eigenvalue weighted by Gasteiger charge is -2.13. The molecule has 4 rings (SSSR count). The van der Waals surface area contributed by atoms with E-state index in [2.05, 4.69) is 5.32 Å². The number of aromatic nitrogens is 2. The van der Waals surface area contributed by atoms with Crippen LogP contribution in [0, 0.1) is 6.92 Å². The number of benzene rings is 2. The van der Waals surface area contributed by atoms with Crippen molar-refractivity contribution in [1.29, 1.82) is 0 Å². The van der Waals surface area contributed by atoms with Crippen LogP contribution in [-0.2, 0) is 11.2 Å². The van der Waals surface area contributed by atoms with Gasteiger partial charge in [-0.05, 0) is 31.2 Å². The molecule has 1 aliphatic rings. The summed E-state index contributed by atoms with van der Waals surface area (Å²) in [7, 11) is 0. The van der Waals surface area contributed by atoms with Crippen LogP contribution in [0.2, 0.25) is 0 Å². The zero-order valence-corrected chi connectivity index (χ0v) is 17.0. The summed E-state index contributed by atoms with van der Waals surface area (Å²) in [6.07, 6.45) is 0.786. The van der Waals surface area contributed by atoms with E-state index >= 15 is 0 Å². The van der Waals surface area contributed by atoms with Crippen LogP contribution in [0.5, 0.6) is 0 Å². The Bertz CT molecular complexity index is 1060. The maximum atomic E-state index is 13.0. The molecule has 2 heterocycles. The number of aryl methyl sites for hydroxylation is 2. The third kappa shape index (κ3) is 4.00. The number of hydrogen-bond acceptors (Lipinski definition) is 5. The number of carbonyl (C=O) groups excluding carboxylic acids is 1. The van der Waals surface area contributed by atoms with E-state index in [1.165, 1.54) is 11.8 Å². The van der Waals surface area contributed by atoms with Crippen molar-refractivity contribution in [3.63, 3.8) is 0 Å². The average molecular weight is 410 g/mol. The number of anilines is 1. The van der Waals surface area contributed by atoms with Crippen molar-refractivity contribution in [3.05, 3.63) is 76.2 Å². The molecule has 0 unspecified atom stereocenters. The standard InChI is InChI=1S/C21H19N3O2S2/c1-14-7-9-15(10-8-14)22-18(25)13-28-21-23-17-11-12-27-19(17)20(26)24(21)16-5-3-2-4-6-16/h2-10H,11-13H2,1H3,(H,22,25). The Morgan fingerprint density at radius 3 is 2.68 bits per heavy atom. The summed E-state index contributed by atoms with van der Waals surface area (Å²) >= 11 is 2.84. The maximum Gasteiger partial charge on any atom is 0.272 e. The molecule has 7 heteroatoms. The zero-order chi connectivity index (χ0) is 19.5. The first-order valence-electron chi connectivity index (χ1n) is 8.95. The number of carbonyl (C=O) groups is 1. The summed E-state index contributed by atoms with van der Waals surface area (Å²) in [4.78, 5) is 30.8. The normalized spacial score (nSPS) is 12.6. The molecule has 0 aliphatic carbocycles. The van der Waals surface area contributed by atoms with Crippen LogP contribution < -0.4 is 10.9 Å². The van der Waals surface area contributed by atoms with Crippen molar-refractivity contribution in [3.8, 4) is 5.69 Å². The Labute approximate surface area is 171 Å². The zero-order valence-electron chi connectivity index (χ0n) is 15.3. The van der Waals surface area contributed by atoms with Crippen LogP contribution in [0.25, 0.3) is 5.69 Å². The van der Waals surface area contributed by atoms with Gasteiger partial charge in [0, 0.05) is 17.9 Å². The lowest BCUT2D eigenvalue weighted by atomic mass is 10.2. The van der Waals surface area contributed by atoms with Crippen LogP contribution in [0.15, 0.2) is 69.4 Å². The Kier molecular flexibility index (Phi) is 5.54. The molecule has 1 amide bonds. The SMILES string of the molecule is Cc1ccc(NC(=O)CSc2nc3c(c(=O)n2-c2ccccc2)SCC3)cc1. The van der Waals surface area contributed by atoms with Crippen molar-refractivity contribution in [1.82, 2.24) is 9.55 Å². The van der Waals surface area contributed by atoms with E-state index in [9.17, 15) is 9.59 Å². The van der Waals surface area contributed by atoms with Gasteiger partial charge < -0.3 is 5.32 Å².